The predicted molar refractivity (Wildman–Crippen MR) is 133 cm³/mol. The van der Waals surface area contributed by atoms with Crippen molar-refractivity contribution in [3.63, 3.8) is 0 Å². The molecular formula is C24H26BIO5. The summed E-state index contributed by atoms with van der Waals surface area (Å²) in [6.07, 6.45) is 5.31. The second-order valence-electron chi connectivity index (χ2n) is 7.36. The average Bonchev–Trinajstić information content (AvgIpc) is 2.78. The van der Waals surface area contributed by atoms with Gasteiger partial charge in [-0.15, -0.1) is 0 Å². The summed E-state index contributed by atoms with van der Waals surface area (Å²) in [6, 6.07) is 13.8. The van der Waals surface area contributed by atoms with Crippen LogP contribution in [0.4, 0.5) is 0 Å². The summed E-state index contributed by atoms with van der Waals surface area (Å²) in [5.74, 6) is 0.553. The zero-order valence-corrected chi connectivity index (χ0v) is 19.6. The minimum atomic E-state index is -0.854. The smallest absolute Gasteiger partial charge is 0.458 e. The molecular weight excluding hydrogens is 506 g/mol. The highest BCUT2D eigenvalue weighted by Crippen LogP contribution is 2.35. The number of phenolic OH excluding ortho intramolecular Hbond substituents is 1. The van der Waals surface area contributed by atoms with Gasteiger partial charge in [0.15, 0.2) is 11.5 Å². The summed E-state index contributed by atoms with van der Waals surface area (Å²) >= 11 is 2.09. The standard InChI is InChI=1S/C24H26BIO5/c1-16(15-27)20-10-11-25(29)31-22(20)9-8-19(18-6-4-3-5-7-18)12-17-13-21(26)24(28)23(14-17)30-2/h3-7,10,12-14,22,27-29H,1,8-9,11,15H2,2H3/b19-12-. The zero-order valence-electron chi connectivity index (χ0n) is 17.4. The maximum absolute atomic E-state index is 10.1. The van der Waals surface area contributed by atoms with Crippen LogP contribution in [0.3, 0.4) is 0 Å². The first kappa shape index (κ1) is 23.6. The average molecular weight is 532 g/mol. The largest absolute Gasteiger partial charge is 0.504 e. The molecule has 0 saturated carbocycles. The van der Waals surface area contributed by atoms with Gasteiger partial charge < -0.3 is 24.6 Å². The van der Waals surface area contributed by atoms with Gasteiger partial charge in [-0.3, -0.25) is 0 Å². The van der Waals surface area contributed by atoms with Gasteiger partial charge in [0, 0.05) is 6.32 Å². The van der Waals surface area contributed by atoms with Crippen LogP contribution in [0.5, 0.6) is 11.5 Å². The molecule has 31 heavy (non-hydrogen) atoms. The summed E-state index contributed by atoms with van der Waals surface area (Å²) in [5.41, 5.74) is 4.54. The summed E-state index contributed by atoms with van der Waals surface area (Å²) in [4.78, 5) is 0. The van der Waals surface area contributed by atoms with Gasteiger partial charge >= 0.3 is 7.12 Å². The molecule has 0 spiro atoms. The number of phenols is 1. The molecule has 0 bridgehead atoms. The molecule has 0 radical (unpaired) electrons. The molecule has 162 valence electrons. The Bertz CT molecular complexity index is 987. The lowest BCUT2D eigenvalue weighted by Gasteiger charge is -2.28. The van der Waals surface area contributed by atoms with Crippen LogP contribution in [-0.2, 0) is 4.65 Å². The Morgan fingerprint density at radius 3 is 2.74 bits per heavy atom. The number of ether oxygens (including phenoxy) is 1. The van der Waals surface area contributed by atoms with Crippen molar-refractivity contribution in [2.24, 2.45) is 0 Å². The Kier molecular flexibility index (Phi) is 8.37. The van der Waals surface area contributed by atoms with Crippen molar-refractivity contribution in [3.05, 3.63) is 81.0 Å². The number of aliphatic hydroxyl groups is 1. The van der Waals surface area contributed by atoms with E-state index in [9.17, 15) is 15.2 Å². The minimum Gasteiger partial charge on any atom is -0.504 e. The van der Waals surface area contributed by atoms with Crippen molar-refractivity contribution < 1.29 is 24.6 Å². The van der Waals surface area contributed by atoms with E-state index in [2.05, 4.69) is 47.4 Å². The van der Waals surface area contributed by atoms with Gasteiger partial charge in [-0.2, -0.15) is 0 Å². The Balaban J connectivity index is 1.91. The third-order valence-electron chi connectivity index (χ3n) is 5.24. The van der Waals surface area contributed by atoms with Crippen LogP contribution in [0.2, 0.25) is 6.32 Å². The number of aliphatic hydroxyl groups excluding tert-OH is 1. The number of allylic oxidation sites excluding steroid dienone is 2. The van der Waals surface area contributed by atoms with E-state index in [0.29, 0.717) is 34.1 Å². The molecule has 1 aliphatic rings. The molecule has 0 saturated heterocycles. The summed E-state index contributed by atoms with van der Waals surface area (Å²) < 4.78 is 11.8. The van der Waals surface area contributed by atoms with Gasteiger partial charge in [-0.05, 0) is 75.4 Å². The summed E-state index contributed by atoms with van der Waals surface area (Å²) in [5, 5.41) is 29.6. The van der Waals surface area contributed by atoms with Crippen LogP contribution in [0.25, 0.3) is 11.6 Å². The Morgan fingerprint density at radius 1 is 1.32 bits per heavy atom. The van der Waals surface area contributed by atoms with Crippen LogP contribution < -0.4 is 4.74 Å². The molecule has 0 amide bonds. The fraction of sp³-hybridized carbons (Fsp3) is 0.250. The molecule has 7 heteroatoms. The molecule has 1 heterocycles. The fourth-order valence-corrected chi connectivity index (χ4v) is 4.26. The van der Waals surface area contributed by atoms with Crippen LogP contribution in [0, 0.1) is 3.57 Å². The Labute approximate surface area is 197 Å². The minimum absolute atomic E-state index is 0.128. The second kappa shape index (κ2) is 11.0. The molecule has 1 unspecified atom stereocenters. The number of halogens is 1. The van der Waals surface area contributed by atoms with Gasteiger partial charge in [0.25, 0.3) is 0 Å². The SMILES string of the molecule is C=C(CO)C1=CCB(O)OC1CC/C(=C/c1cc(I)c(O)c(OC)c1)c1ccccc1. The lowest BCUT2D eigenvalue weighted by atomic mass is 9.78. The van der Waals surface area contributed by atoms with Gasteiger partial charge in [0.05, 0.1) is 23.4 Å². The van der Waals surface area contributed by atoms with Crippen LogP contribution in [-0.4, -0.2) is 42.2 Å². The number of aromatic hydroxyl groups is 1. The van der Waals surface area contributed by atoms with Crippen molar-refractivity contribution >= 4 is 41.4 Å². The second-order valence-corrected chi connectivity index (χ2v) is 8.53. The van der Waals surface area contributed by atoms with Gasteiger partial charge in [-0.1, -0.05) is 49.1 Å². The summed E-state index contributed by atoms with van der Waals surface area (Å²) in [6.45, 7) is 3.79. The van der Waals surface area contributed by atoms with Crippen molar-refractivity contribution in [1.82, 2.24) is 0 Å². The molecule has 3 N–H and O–H groups in total. The zero-order chi connectivity index (χ0) is 22.4. The van der Waals surface area contributed by atoms with E-state index in [1.807, 2.05) is 30.3 Å². The number of methoxy groups -OCH3 is 1. The first-order valence-electron chi connectivity index (χ1n) is 10.1. The van der Waals surface area contributed by atoms with Gasteiger partial charge in [0.2, 0.25) is 0 Å². The highest BCUT2D eigenvalue weighted by molar-refractivity contribution is 14.1. The first-order chi connectivity index (χ1) is 14.9. The molecule has 0 fully saturated rings. The van der Waals surface area contributed by atoms with Crippen LogP contribution in [0.15, 0.2) is 66.3 Å². The van der Waals surface area contributed by atoms with E-state index >= 15 is 0 Å². The number of benzene rings is 2. The van der Waals surface area contributed by atoms with E-state index in [1.165, 1.54) is 7.11 Å². The monoisotopic (exact) mass is 532 g/mol. The van der Waals surface area contributed by atoms with Gasteiger partial charge in [-0.25, -0.2) is 0 Å². The molecule has 0 aliphatic carbocycles. The lowest BCUT2D eigenvalue weighted by molar-refractivity contribution is 0.182. The molecule has 3 rings (SSSR count). The molecule has 1 aliphatic heterocycles. The topological polar surface area (TPSA) is 79.2 Å². The van der Waals surface area contributed by atoms with Crippen molar-refractivity contribution in [1.29, 1.82) is 0 Å². The fourth-order valence-electron chi connectivity index (χ4n) is 3.64. The maximum atomic E-state index is 10.1. The van der Waals surface area contributed by atoms with Crippen LogP contribution in [0.1, 0.15) is 24.0 Å². The predicted octanol–water partition coefficient (Wildman–Crippen LogP) is 4.68. The highest BCUT2D eigenvalue weighted by Gasteiger charge is 2.28. The Hall–Kier alpha value is -2.07. The third kappa shape index (κ3) is 6.01. The van der Waals surface area contributed by atoms with E-state index < -0.39 is 7.12 Å². The van der Waals surface area contributed by atoms with E-state index in [1.54, 1.807) is 6.07 Å². The van der Waals surface area contributed by atoms with E-state index in [-0.39, 0.29) is 18.5 Å². The van der Waals surface area contributed by atoms with Crippen molar-refractivity contribution in [3.8, 4) is 11.5 Å². The number of hydrogen-bond acceptors (Lipinski definition) is 5. The molecule has 5 nitrogen and oxygen atoms in total. The van der Waals surface area contributed by atoms with E-state index in [0.717, 1.165) is 22.3 Å². The molecule has 2 aromatic carbocycles. The van der Waals surface area contributed by atoms with Crippen molar-refractivity contribution in [2.45, 2.75) is 25.3 Å². The molecule has 0 aromatic heterocycles. The van der Waals surface area contributed by atoms with Gasteiger partial charge in [0.1, 0.15) is 0 Å². The highest BCUT2D eigenvalue weighted by atomic mass is 127. The van der Waals surface area contributed by atoms with Crippen LogP contribution >= 0.6 is 22.6 Å². The third-order valence-corrected chi connectivity index (χ3v) is 6.06. The maximum Gasteiger partial charge on any atom is 0.458 e. The van der Waals surface area contributed by atoms with Crippen molar-refractivity contribution in [2.75, 3.05) is 13.7 Å². The summed E-state index contributed by atoms with van der Waals surface area (Å²) in [7, 11) is 0.678. The Morgan fingerprint density at radius 2 is 2.06 bits per heavy atom. The van der Waals surface area contributed by atoms with E-state index in [4.69, 9.17) is 9.39 Å². The quantitative estimate of drug-likeness (QED) is 0.262. The number of hydrogen-bond donors (Lipinski definition) is 3. The molecule has 2 aromatic rings. The lowest BCUT2D eigenvalue weighted by Crippen LogP contribution is -2.32. The normalized spacial score (nSPS) is 16.8. The number of rotatable bonds is 8. The first-order valence-corrected chi connectivity index (χ1v) is 11.2. The molecule has 1 atom stereocenters.